The largest absolute Gasteiger partial charge is 0.371 e. The molecule has 2 aliphatic rings. The minimum absolute atomic E-state index is 0.124. The van der Waals surface area contributed by atoms with E-state index in [0.717, 1.165) is 25.2 Å². The quantitative estimate of drug-likeness (QED) is 0.898. The SMILES string of the molecule is CC1(C)CCCN(c2ccc(F)cc2CNC2CC2)CC1. The van der Waals surface area contributed by atoms with Gasteiger partial charge in [0.25, 0.3) is 0 Å². The Morgan fingerprint density at radius 1 is 1.24 bits per heavy atom. The second-order valence-corrected chi connectivity index (χ2v) is 7.43. The van der Waals surface area contributed by atoms with Crippen LogP contribution in [0.4, 0.5) is 10.1 Å². The van der Waals surface area contributed by atoms with Gasteiger partial charge in [-0.1, -0.05) is 13.8 Å². The summed E-state index contributed by atoms with van der Waals surface area (Å²) in [5, 5.41) is 3.52. The molecular weight excluding hydrogens is 263 g/mol. The average molecular weight is 290 g/mol. The average Bonchev–Trinajstić information content (AvgIpc) is 3.25. The Labute approximate surface area is 127 Å². The zero-order chi connectivity index (χ0) is 14.9. The number of halogens is 1. The molecule has 1 aromatic carbocycles. The predicted molar refractivity (Wildman–Crippen MR) is 86.1 cm³/mol. The fourth-order valence-corrected chi connectivity index (χ4v) is 3.21. The lowest BCUT2D eigenvalue weighted by atomic mass is 9.85. The number of rotatable bonds is 4. The maximum Gasteiger partial charge on any atom is 0.123 e. The van der Waals surface area contributed by atoms with Crippen LogP contribution in [0.15, 0.2) is 18.2 Å². The lowest BCUT2D eigenvalue weighted by molar-refractivity contribution is 0.325. The monoisotopic (exact) mass is 290 g/mol. The van der Waals surface area contributed by atoms with Gasteiger partial charge in [-0.3, -0.25) is 0 Å². The first-order valence-electron chi connectivity index (χ1n) is 8.30. The molecule has 1 heterocycles. The number of hydrogen-bond acceptors (Lipinski definition) is 2. The van der Waals surface area contributed by atoms with Gasteiger partial charge in [0.15, 0.2) is 0 Å². The summed E-state index contributed by atoms with van der Waals surface area (Å²) in [5.74, 6) is -0.124. The molecular formula is C18H27FN2. The van der Waals surface area contributed by atoms with Crippen LogP contribution in [0, 0.1) is 11.2 Å². The first kappa shape index (κ1) is 14.8. The number of nitrogens with zero attached hydrogens (tertiary/aromatic N) is 1. The van der Waals surface area contributed by atoms with E-state index in [9.17, 15) is 4.39 Å². The van der Waals surface area contributed by atoms with E-state index in [2.05, 4.69) is 24.1 Å². The third kappa shape index (κ3) is 3.97. The normalized spacial score (nSPS) is 22.1. The second kappa shape index (κ2) is 5.96. The number of benzene rings is 1. The molecule has 1 aliphatic carbocycles. The summed E-state index contributed by atoms with van der Waals surface area (Å²) in [6, 6.07) is 5.94. The van der Waals surface area contributed by atoms with Crippen molar-refractivity contribution >= 4 is 5.69 Å². The van der Waals surface area contributed by atoms with Gasteiger partial charge in [0, 0.05) is 31.4 Å². The molecule has 0 radical (unpaired) electrons. The minimum atomic E-state index is -0.124. The summed E-state index contributed by atoms with van der Waals surface area (Å²) < 4.78 is 13.6. The third-order valence-electron chi connectivity index (χ3n) is 4.88. The Kier molecular flexibility index (Phi) is 4.21. The predicted octanol–water partition coefficient (Wildman–Crippen LogP) is 4.09. The summed E-state index contributed by atoms with van der Waals surface area (Å²) in [6.45, 7) is 7.67. The first-order chi connectivity index (χ1) is 10.0. The standard InChI is InChI=1S/C18H27FN2/c1-18(2)8-3-10-21(11-9-18)17-7-4-15(19)12-14(17)13-20-16-5-6-16/h4,7,12,16,20H,3,5-6,8-11,13H2,1-2H3. The van der Waals surface area contributed by atoms with Gasteiger partial charge in [-0.25, -0.2) is 4.39 Å². The highest BCUT2D eigenvalue weighted by Gasteiger charge is 2.25. The van der Waals surface area contributed by atoms with E-state index >= 15 is 0 Å². The van der Waals surface area contributed by atoms with Crippen LogP contribution < -0.4 is 10.2 Å². The maximum absolute atomic E-state index is 13.6. The molecule has 116 valence electrons. The molecule has 0 amide bonds. The van der Waals surface area contributed by atoms with Crippen LogP contribution in [0.1, 0.15) is 51.5 Å². The van der Waals surface area contributed by atoms with Crippen LogP contribution in [0.2, 0.25) is 0 Å². The summed E-state index contributed by atoms with van der Waals surface area (Å²) in [5.41, 5.74) is 2.77. The van der Waals surface area contributed by atoms with Crippen molar-refractivity contribution in [3.05, 3.63) is 29.6 Å². The van der Waals surface area contributed by atoms with Crippen molar-refractivity contribution in [1.29, 1.82) is 0 Å². The Balaban J connectivity index is 1.76. The van der Waals surface area contributed by atoms with Gasteiger partial charge in [-0.15, -0.1) is 0 Å². The van der Waals surface area contributed by atoms with Crippen LogP contribution in [0.5, 0.6) is 0 Å². The first-order valence-corrected chi connectivity index (χ1v) is 8.30. The lowest BCUT2D eigenvalue weighted by Crippen LogP contribution is -2.27. The van der Waals surface area contributed by atoms with Gasteiger partial charge in [0.05, 0.1) is 0 Å². The van der Waals surface area contributed by atoms with Gasteiger partial charge in [-0.2, -0.15) is 0 Å². The number of anilines is 1. The number of nitrogens with one attached hydrogen (secondary N) is 1. The van der Waals surface area contributed by atoms with Gasteiger partial charge in [-0.05, 0) is 61.3 Å². The van der Waals surface area contributed by atoms with Crippen molar-refractivity contribution in [3.63, 3.8) is 0 Å². The molecule has 1 saturated carbocycles. The van der Waals surface area contributed by atoms with Gasteiger partial charge in [0.2, 0.25) is 0 Å². The molecule has 0 spiro atoms. The van der Waals surface area contributed by atoms with E-state index in [1.165, 1.54) is 37.8 Å². The van der Waals surface area contributed by atoms with E-state index in [-0.39, 0.29) is 5.82 Å². The summed E-state index contributed by atoms with van der Waals surface area (Å²) in [4.78, 5) is 2.46. The molecule has 0 bridgehead atoms. The van der Waals surface area contributed by atoms with Gasteiger partial charge in [0.1, 0.15) is 5.82 Å². The van der Waals surface area contributed by atoms with Gasteiger partial charge >= 0.3 is 0 Å². The highest BCUT2D eigenvalue weighted by atomic mass is 19.1. The molecule has 3 rings (SSSR count). The molecule has 0 aromatic heterocycles. The van der Waals surface area contributed by atoms with E-state index in [1.807, 2.05) is 6.07 Å². The fourth-order valence-electron chi connectivity index (χ4n) is 3.21. The van der Waals surface area contributed by atoms with Crippen molar-refractivity contribution in [1.82, 2.24) is 5.32 Å². The molecule has 2 fully saturated rings. The van der Waals surface area contributed by atoms with Crippen LogP contribution in [0.3, 0.4) is 0 Å². The molecule has 1 N–H and O–H groups in total. The lowest BCUT2D eigenvalue weighted by Gasteiger charge is -2.27. The smallest absolute Gasteiger partial charge is 0.123 e. The van der Waals surface area contributed by atoms with E-state index in [4.69, 9.17) is 0 Å². The summed E-state index contributed by atoms with van der Waals surface area (Å²) in [6.07, 6.45) is 6.24. The molecule has 0 unspecified atom stereocenters. The highest BCUT2D eigenvalue weighted by Crippen LogP contribution is 2.33. The Morgan fingerprint density at radius 3 is 2.81 bits per heavy atom. The summed E-state index contributed by atoms with van der Waals surface area (Å²) >= 11 is 0. The van der Waals surface area contributed by atoms with Crippen LogP contribution in [-0.2, 0) is 6.54 Å². The second-order valence-electron chi connectivity index (χ2n) is 7.43. The molecule has 1 aromatic rings. The van der Waals surface area contributed by atoms with Crippen LogP contribution in [-0.4, -0.2) is 19.1 Å². The molecule has 21 heavy (non-hydrogen) atoms. The van der Waals surface area contributed by atoms with Crippen LogP contribution >= 0.6 is 0 Å². The molecule has 0 atom stereocenters. The topological polar surface area (TPSA) is 15.3 Å². The van der Waals surface area contributed by atoms with Crippen LogP contribution in [0.25, 0.3) is 0 Å². The fraction of sp³-hybridized carbons (Fsp3) is 0.667. The third-order valence-corrected chi connectivity index (χ3v) is 4.88. The van der Waals surface area contributed by atoms with E-state index in [1.54, 1.807) is 12.1 Å². The molecule has 3 heteroatoms. The Hall–Kier alpha value is -1.09. The van der Waals surface area contributed by atoms with Crippen molar-refractivity contribution < 1.29 is 4.39 Å². The van der Waals surface area contributed by atoms with Crippen molar-refractivity contribution in [2.24, 2.45) is 5.41 Å². The number of hydrogen-bond donors (Lipinski definition) is 1. The summed E-state index contributed by atoms with van der Waals surface area (Å²) in [7, 11) is 0. The Bertz CT molecular complexity index is 494. The van der Waals surface area contributed by atoms with Gasteiger partial charge < -0.3 is 10.2 Å². The highest BCUT2D eigenvalue weighted by molar-refractivity contribution is 5.54. The molecule has 2 nitrogen and oxygen atoms in total. The molecule has 1 aliphatic heterocycles. The minimum Gasteiger partial charge on any atom is -0.371 e. The van der Waals surface area contributed by atoms with Crippen molar-refractivity contribution in [2.45, 2.75) is 58.5 Å². The van der Waals surface area contributed by atoms with E-state index < -0.39 is 0 Å². The zero-order valence-corrected chi connectivity index (χ0v) is 13.3. The van der Waals surface area contributed by atoms with Crippen molar-refractivity contribution in [2.75, 3.05) is 18.0 Å². The van der Waals surface area contributed by atoms with E-state index in [0.29, 0.717) is 11.5 Å². The molecule has 1 saturated heterocycles. The maximum atomic E-state index is 13.6. The zero-order valence-electron chi connectivity index (χ0n) is 13.3. The Morgan fingerprint density at radius 2 is 2.05 bits per heavy atom. The van der Waals surface area contributed by atoms with Crippen molar-refractivity contribution in [3.8, 4) is 0 Å².